The largest absolute Gasteiger partial charge is 0.328 e. The molecule has 0 aromatic heterocycles. The first kappa shape index (κ1) is 13.4. The zero-order valence-electron chi connectivity index (χ0n) is 11.5. The van der Waals surface area contributed by atoms with Gasteiger partial charge >= 0.3 is 0 Å². The highest BCUT2D eigenvalue weighted by Gasteiger charge is 2.28. The van der Waals surface area contributed by atoms with E-state index in [2.05, 4.69) is 11.8 Å². The normalized spacial score (nSPS) is 32.6. The molecule has 100 valence electrons. The van der Waals surface area contributed by atoms with Crippen LogP contribution in [0.2, 0.25) is 0 Å². The van der Waals surface area contributed by atoms with Crippen molar-refractivity contribution in [2.45, 2.75) is 89.3 Å². The number of rotatable bonds is 3. The van der Waals surface area contributed by atoms with Gasteiger partial charge in [0.25, 0.3) is 0 Å². The van der Waals surface area contributed by atoms with Crippen molar-refractivity contribution in [3.8, 4) is 0 Å². The molecule has 0 aromatic carbocycles. The maximum atomic E-state index is 6.02. The Bertz CT molecular complexity index is 201. The molecular formula is C15H30N2. The Labute approximate surface area is 107 Å². The van der Waals surface area contributed by atoms with E-state index in [1.54, 1.807) is 0 Å². The van der Waals surface area contributed by atoms with Gasteiger partial charge in [-0.2, -0.15) is 0 Å². The van der Waals surface area contributed by atoms with Crippen LogP contribution in [0.15, 0.2) is 0 Å². The third kappa shape index (κ3) is 3.69. The van der Waals surface area contributed by atoms with Gasteiger partial charge in [0.1, 0.15) is 0 Å². The van der Waals surface area contributed by atoms with Crippen LogP contribution >= 0.6 is 0 Å². The monoisotopic (exact) mass is 238 g/mol. The summed E-state index contributed by atoms with van der Waals surface area (Å²) in [7, 11) is 0. The Balaban J connectivity index is 1.89. The van der Waals surface area contributed by atoms with Crippen molar-refractivity contribution in [3.63, 3.8) is 0 Å². The first-order chi connectivity index (χ1) is 8.31. The van der Waals surface area contributed by atoms with Gasteiger partial charge < -0.3 is 5.73 Å². The van der Waals surface area contributed by atoms with Gasteiger partial charge in [-0.05, 0) is 45.1 Å². The first-order valence-electron chi connectivity index (χ1n) is 7.82. The zero-order valence-corrected chi connectivity index (χ0v) is 11.5. The second-order valence-corrected chi connectivity index (χ2v) is 6.04. The van der Waals surface area contributed by atoms with E-state index >= 15 is 0 Å². The molecular weight excluding hydrogens is 208 g/mol. The summed E-state index contributed by atoms with van der Waals surface area (Å²) in [5.41, 5.74) is 6.02. The van der Waals surface area contributed by atoms with Crippen LogP contribution in [-0.2, 0) is 0 Å². The van der Waals surface area contributed by atoms with Gasteiger partial charge in [0.15, 0.2) is 0 Å². The Hall–Kier alpha value is -0.0800. The molecule has 0 spiro atoms. The van der Waals surface area contributed by atoms with Crippen molar-refractivity contribution in [3.05, 3.63) is 0 Å². The van der Waals surface area contributed by atoms with E-state index in [0.29, 0.717) is 6.04 Å². The summed E-state index contributed by atoms with van der Waals surface area (Å²) in [5.74, 6) is 0. The Morgan fingerprint density at radius 1 is 0.824 bits per heavy atom. The second-order valence-electron chi connectivity index (χ2n) is 6.04. The van der Waals surface area contributed by atoms with Crippen LogP contribution in [0.25, 0.3) is 0 Å². The molecule has 0 bridgehead atoms. The van der Waals surface area contributed by atoms with Crippen molar-refractivity contribution in [2.75, 3.05) is 6.54 Å². The zero-order chi connectivity index (χ0) is 12.1. The number of hydrogen-bond acceptors (Lipinski definition) is 2. The van der Waals surface area contributed by atoms with Crippen LogP contribution in [0.4, 0.5) is 0 Å². The molecule has 2 nitrogen and oxygen atoms in total. The number of hydrogen-bond donors (Lipinski definition) is 1. The molecule has 2 fully saturated rings. The molecule has 0 saturated heterocycles. The summed E-state index contributed by atoms with van der Waals surface area (Å²) in [6.07, 6.45) is 13.9. The highest BCUT2D eigenvalue weighted by molar-refractivity contribution is 4.85. The molecule has 0 amide bonds. The molecule has 2 heteroatoms. The van der Waals surface area contributed by atoms with Gasteiger partial charge in [-0.1, -0.05) is 32.6 Å². The molecule has 0 atom stereocenters. The van der Waals surface area contributed by atoms with Gasteiger partial charge in [-0.3, -0.25) is 4.90 Å². The Morgan fingerprint density at radius 3 is 1.88 bits per heavy atom. The van der Waals surface area contributed by atoms with Crippen LogP contribution in [0, 0.1) is 0 Å². The summed E-state index contributed by atoms with van der Waals surface area (Å²) in [6.45, 7) is 3.59. The standard InChI is InChI=1S/C15H30N2/c1-2-17(14-7-5-3-4-6-8-14)15-11-9-13(16)10-12-15/h13-15H,2-12,16H2,1H3. The van der Waals surface area contributed by atoms with E-state index in [4.69, 9.17) is 5.73 Å². The molecule has 2 aliphatic carbocycles. The molecule has 2 rings (SSSR count). The second kappa shape index (κ2) is 6.75. The highest BCUT2D eigenvalue weighted by Crippen LogP contribution is 2.29. The summed E-state index contributed by atoms with van der Waals surface area (Å²) in [5, 5.41) is 0. The van der Waals surface area contributed by atoms with E-state index in [1.807, 2.05) is 0 Å². The van der Waals surface area contributed by atoms with E-state index < -0.39 is 0 Å². The van der Waals surface area contributed by atoms with Crippen LogP contribution < -0.4 is 5.73 Å². The van der Waals surface area contributed by atoms with Crippen molar-refractivity contribution in [1.29, 1.82) is 0 Å². The summed E-state index contributed by atoms with van der Waals surface area (Å²) in [4.78, 5) is 2.82. The molecule has 17 heavy (non-hydrogen) atoms. The molecule has 0 heterocycles. The van der Waals surface area contributed by atoms with Crippen LogP contribution in [-0.4, -0.2) is 29.6 Å². The van der Waals surface area contributed by atoms with Gasteiger partial charge in [-0.15, -0.1) is 0 Å². The molecule has 0 aliphatic heterocycles. The average molecular weight is 238 g/mol. The van der Waals surface area contributed by atoms with E-state index in [9.17, 15) is 0 Å². The fraction of sp³-hybridized carbons (Fsp3) is 1.00. The maximum absolute atomic E-state index is 6.02. The lowest BCUT2D eigenvalue weighted by Gasteiger charge is -2.40. The highest BCUT2D eigenvalue weighted by atomic mass is 15.2. The third-order valence-corrected chi connectivity index (χ3v) is 4.87. The van der Waals surface area contributed by atoms with Crippen LogP contribution in [0.1, 0.15) is 71.1 Å². The quantitative estimate of drug-likeness (QED) is 0.764. The summed E-state index contributed by atoms with van der Waals surface area (Å²) in [6, 6.07) is 2.20. The minimum atomic E-state index is 0.485. The van der Waals surface area contributed by atoms with Crippen LogP contribution in [0.3, 0.4) is 0 Å². The van der Waals surface area contributed by atoms with Gasteiger partial charge in [0.2, 0.25) is 0 Å². The molecule has 0 radical (unpaired) electrons. The molecule has 2 aliphatic rings. The van der Waals surface area contributed by atoms with Crippen molar-refractivity contribution < 1.29 is 0 Å². The topological polar surface area (TPSA) is 29.3 Å². The molecule has 2 saturated carbocycles. The van der Waals surface area contributed by atoms with Crippen molar-refractivity contribution >= 4 is 0 Å². The first-order valence-corrected chi connectivity index (χ1v) is 7.82. The summed E-state index contributed by atoms with van der Waals surface area (Å²) < 4.78 is 0. The summed E-state index contributed by atoms with van der Waals surface area (Å²) >= 11 is 0. The Morgan fingerprint density at radius 2 is 1.35 bits per heavy atom. The number of nitrogens with two attached hydrogens (primary N) is 1. The minimum Gasteiger partial charge on any atom is -0.328 e. The molecule has 0 unspecified atom stereocenters. The third-order valence-electron chi connectivity index (χ3n) is 4.87. The fourth-order valence-corrected chi connectivity index (χ4v) is 3.84. The predicted molar refractivity (Wildman–Crippen MR) is 74.1 cm³/mol. The lowest BCUT2D eigenvalue weighted by molar-refractivity contribution is 0.0964. The maximum Gasteiger partial charge on any atom is 0.00992 e. The van der Waals surface area contributed by atoms with E-state index in [-0.39, 0.29) is 0 Å². The van der Waals surface area contributed by atoms with Crippen molar-refractivity contribution in [2.24, 2.45) is 5.73 Å². The predicted octanol–water partition coefficient (Wildman–Crippen LogP) is 3.30. The lowest BCUT2D eigenvalue weighted by Crippen LogP contribution is -2.46. The average Bonchev–Trinajstić information content (AvgIpc) is 2.62. The fourth-order valence-electron chi connectivity index (χ4n) is 3.84. The lowest BCUT2D eigenvalue weighted by atomic mass is 9.89. The van der Waals surface area contributed by atoms with Crippen molar-refractivity contribution in [1.82, 2.24) is 4.90 Å². The van der Waals surface area contributed by atoms with E-state index in [0.717, 1.165) is 12.1 Å². The minimum absolute atomic E-state index is 0.485. The SMILES string of the molecule is CCN(C1CCCCCC1)C1CCC(N)CC1. The Kier molecular flexibility index (Phi) is 5.30. The smallest absolute Gasteiger partial charge is 0.00992 e. The van der Waals surface area contributed by atoms with Gasteiger partial charge in [-0.25, -0.2) is 0 Å². The molecule has 0 aromatic rings. The molecule has 2 N–H and O–H groups in total. The van der Waals surface area contributed by atoms with Gasteiger partial charge in [0.05, 0.1) is 0 Å². The van der Waals surface area contributed by atoms with Gasteiger partial charge in [0, 0.05) is 18.1 Å². The van der Waals surface area contributed by atoms with Crippen LogP contribution in [0.5, 0.6) is 0 Å². The number of nitrogens with zero attached hydrogens (tertiary/aromatic N) is 1. The van der Waals surface area contributed by atoms with E-state index in [1.165, 1.54) is 70.8 Å².